The molecule has 1 saturated heterocycles. The van der Waals surface area contributed by atoms with Crippen LogP contribution < -0.4 is 0 Å². The van der Waals surface area contributed by atoms with E-state index in [9.17, 15) is 40.9 Å². The minimum Gasteiger partial charge on any atom is -0.394 e. The largest absolute Gasteiger partial charge is 0.394 e. The summed E-state index contributed by atoms with van der Waals surface area (Å²) < 4.78 is 5.01. The number of aliphatic hydroxyl groups is 10. The SMILES string of the molecule is OC[C@@H](O)[C@@H](O)[C@H](O)[C@@H](O)C(O)C1O[C@H](CO)[C@@H](O)[C@H](O)[C@@H]1O. The van der Waals surface area contributed by atoms with Crippen LogP contribution in [-0.2, 0) is 4.74 Å². The number of hydrogen-bond donors (Lipinski definition) is 10. The lowest BCUT2D eigenvalue weighted by Crippen LogP contribution is -2.64. The monoisotopic (exact) mass is 344 g/mol. The normalized spacial score (nSPS) is 38.6. The molecule has 1 aliphatic heterocycles. The molecule has 0 aromatic heterocycles. The topological polar surface area (TPSA) is 212 Å². The van der Waals surface area contributed by atoms with Gasteiger partial charge in [-0.1, -0.05) is 0 Å². The molecular formula is C12H24O11. The summed E-state index contributed by atoms with van der Waals surface area (Å²) >= 11 is 0. The van der Waals surface area contributed by atoms with Gasteiger partial charge in [-0.25, -0.2) is 0 Å². The van der Waals surface area contributed by atoms with Crippen molar-refractivity contribution in [1.82, 2.24) is 0 Å². The summed E-state index contributed by atoms with van der Waals surface area (Å²) in [6.45, 7) is -1.67. The first-order valence-corrected chi connectivity index (χ1v) is 6.99. The lowest BCUT2D eigenvalue weighted by atomic mass is 9.88. The zero-order valence-corrected chi connectivity index (χ0v) is 12.1. The van der Waals surface area contributed by atoms with E-state index in [-0.39, 0.29) is 0 Å². The van der Waals surface area contributed by atoms with Crippen molar-refractivity contribution in [3.05, 3.63) is 0 Å². The van der Waals surface area contributed by atoms with Crippen LogP contribution in [0.2, 0.25) is 0 Å². The summed E-state index contributed by atoms with van der Waals surface area (Å²) in [4.78, 5) is 0. The van der Waals surface area contributed by atoms with Crippen LogP contribution in [0.25, 0.3) is 0 Å². The van der Waals surface area contributed by atoms with Crippen molar-refractivity contribution in [3.8, 4) is 0 Å². The van der Waals surface area contributed by atoms with E-state index in [4.69, 9.17) is 14.9 Å². The highest BCUT2D eigenvalue weighted by molar-refractivity contribution is 4.98. The fraction of sp³-hybridized carbons (Fsp3) is 1.00. The van der Waals surface area contributed by atoms with Crippen molar-refractivity contribution < 1.29 is 55.8 Å². The Balaban J connectivity index is 2.83. The van der Waals surface area contributed by atoms with E-state index < -0.39 is 74.3 Å². The molecule has 11 heteroatoms. The summed E-state index contributed by atoms with van der Waals surface area (Å²) in [6.07, 6.45) is -18.4. The van der Waals surface area contributed by atoms with Gasteiger partial charge in [0.1, 0.15) is 61.0 Å². The zero-order valence-electron chi connectivity index (χ0n) is 12.1. The Bertz CT molecular complexity index is 354. The molecule has 0 amide bonds. The molecule has 1 aliphatic rings. The van der Waals surface area contributed by atoms with Crippen LogP contribution in [0.4, 0.5) is 0 Å². The van der Waals surface area contributed by atoms with Gasteiger partial charge in [-0.3, -0.25) is 0 Å². The summed E-state index contributed by atoms with van der Waals surface area (Å²) in [5, 5.41) is 94.9. The molecule has 0 saturated carbocycles. The van der Waals surface area contributed by atoms with Crippen molar-refractivity contribution in [3.63, 3.8) is 0 Å². The van der Waals surface area contributed by atoms with Crippen LogP contribution >= 0.6 is 0 Å². The highest BCUT2D eigenvalue weighted by atomic mass is 16.6. The van der Waals surface area contributed by atoms with Crippen LogP contribution in [0.15, 0.2) is 0 Å². The highest BCUT2D eigenvalue weighted by Gasteiger charge is 2.49. The number of rotatable bonds is 7. The Morgan fingerprint density at radius 2 is 1.30 bits per heavy atom. The smallest absolute Gasteiger partial charge is 0.115 e. The lowest BCUT2D eigenvalue weighted by molar-refractivity contribution is -0.264. The quantitative estimate of drug-likeness (QED) is 0.210. The van der Waals surface area contributed by atoms with Crippen molar-refractivity contribution in [2.45, 2.75) is 61.0 Å². The van der Waals surface area contributed by atoms with Crippen molar-refractivity contribution in [2.24, 2.45) is 0 Å². The van der Waals surface area contributed by atoms with E-state index in [0.717, 1.165) is 0 Å². The third-order valence-corrected chi connectivity index (χ3v) is 3.90. The van der Waals surface area contributed by atoms with Gasteiger partial charge < -0.3 is 55.8 Å². The number of hydrogen-bond acceptors (Lipinski definition) is 11. The van der Waals surface area contributed by atoms with E-state index in [0.29, 0.717) is 0 Å². The zero-order chi connectivity index (χ0) is 17.9. The van der Waals surface area contributed by atoms with Crippen LogP contribution in [-0.4, -0.2) is 125 Å². The van der Waals surface area contributed by atoms with E-state index >= 15 is 0 Å². The molecule has 0 radical (unpaired) electrons. The molecular weight excluding hydrogens is 320 g/mol. The molecule has 1 fully saturated rings. The molecule has 0 aromatic carbocycles. The second-order valence-corrected chi connectivity index (χ2v) is 5.51. The average Bonchev–Trinajstić information content (AvgIpc) is 2.56. The van der Waals surface area contributed by atoms with Gasteiger partial charge in [-0.2, -0.15) is 0 Å². The van der Waals surface area contributed by atoms with Gasteiger partial charge in [-0.15, -0.1) is 0 Å². The highest BCUT2D eigenvalue weighted by Crippen LogP contribution is 2.25. The first-order valence-electron chi connectivity index (χ1n) is 6.99. The average molecular weight is 344 g/mol. The first kappa shape index (κ1) is 20.6. The summed E-state index contributed by atoms with van der Waals surface area (Å²) in [7, 11) is 0. The molecule has 0 aliphatic carbocycles. The fourth-order valence-corrected chi connectivity index (χ4v) is 2.35. The third kappa shape index (κ3) is 4.35. The van der Waals surface area contributed by atoms with Gasteiger partial charge in [-0.05, 0) is 0 Å². The predicted molar refractivity (Wildman–Crippen MR) is 70.9 cm³/mol. The Labute approximate surface area is 131 Å². The van der Waals surface area contributed by atoms with Crippen molar-refractivity contribution >= 4 is 0 Å². The van der Waals surface area contributed by atoms with Gasteiger partial charge in [0.2, 0.25) is 0 Å². The lowest BCUT2D eigenvalue weighted by Gasteiger charge is -2.43. The van der Waals surface area contributed by atoms with Crippen molar-refractivity contribution in [2.75, 3.05) is 13.2 Å². The van der Waals surface area contributed by atoms with E-state index in [2.05, 4.69) is 0 Å². The van der Waals surface area contributed by atoms with Gasteiger partial charge >= 0.3 is 0 Å². The second kappa shape index (κ2) is 8.60. The van der Waals surface area contributed by atoms with Crippen LogP contribution in [0, 0.1) is 0 Å². The molecule has 0 bridgehead atoms. The van der Waals surface area contributed by atoms with Crippen LogP contribution in [0.1, 0.15) is 0 Å². The van der Waals surface area contributed by atoms with Gasteiger partial charge in [0.15, 0.2) is 0 Å². The Morgan fingerprint density at radius 3 is 1.78 bits per heavy atom. The minimum absolute atomic E-state index is 0.751. The van der Waals surface area contributed by atoms with Crippen molar-refractivity contribution in [1.29, 1.82) is 0 Å². The Morgan fingerprint density at radius 1 is 0.739 bits per heavy atom. The standard InChI is InChI=1S/C12H24O11/c13-1-3(15)5(16)7(18)9(20)11(22)12-10(21)8(19)6(17)4(2-14)23-12/h3-22H,1-2H2/t3-,4-,5-,6-,7+,8+,9-,10+,11?,12?/m1/s1. The van der Waals surface area contributed by atoms with E-state index in [1.54, 1.807) is 0 Å². The molecule has 10 N–H and O–H groups in total. The molecule has 2 unspecified atom stereocenters. The van der Waals surface area contributed by atoms with Gasteiger partial charge in [0, 0.05) is 0 Å². The number of aliphatic hydroxyl groups excluding tert-OH is 10. The summed E-state index contributed by atoms with van der Waals surface area (Å²) in [5.41, 5.74) is 0. The van der Waals surface area contributed by atoms with Crippen LogP contribution in [0.3, 0.4) is 0 Å². The maximum Gasteiger partial charge on any atom is 0.115 e. The molecule has 11 nitrogen and oxygen atoms in total. The Hall–Kier alpha value is -0.440. The molecule has 1 heterocycles. The van der Waals surface area contributed by atoms with E-state index in [1.165, 1.54) is 0 Å². The molecule has 0 aromatic rings. The maximum atomic E-state index is 9.98. The summed E-state index contributed by atoms with van der Waals surface area (Å²) in [5.74, 6) is 0. The molecule has 1 rings (SSSR count). The molecule has 0 spiro atoms. The number of ether oxygens (including phenoxy) is 1. The second-order valence-electron chi connectivity index (χ2n) is 5.51. The van der Waals surface area contributed by atoms with Crippen LogP contribution in [0.5, 0.6) is 0 Å². The molecule has 10 atom stereocenters. The first-order chi connectivity index (χ1) is 10.7. The molecule has 138 valence electrons. The minimum atomic E-state index is -2.13. The van der Waals surface area contributed by atoms with Gasteiger partial charge in [0.25, 0.3) is 0 Å². The third-order valence-electron chi connectivity index (χ3n) is 3.90. The van der Waals surface area contributed by atoms with Gasteiger partial charge in [0.05, 0.1) is 13.2 Å². The van der Waals surface area contributed by atoms with E-state index in [1.807, 2.05) is 0 Å². The molecule has 23 heavy (non-hydrogen) atoms. The Kier molecular flexibility index (Phi) is 7.70. The fourth-order valence-electron chi connectivity index (χ4n) is 2.35. The predicted octanol–water partition coefficient (Wildman–Crippen LogP) is -6.37. The maximum absolute atomic E-state index is 9.98. The summed E-state index contributed by atoms with van der Waals surface area (Å²) in [6, 6.07) is 0.